The lowest BCUT2D eigenvalue weighted by molar-refractivity contribution is 0.282. The lowest BCUT2D eigenvalue weighted by Gasteiger charge is -2.05. The molecule has 0 fully saturated rings. The van der Waals surface area contributed by atoms with Gasteiger partial charge in [0.05, 0.1) is 18.8 Å². The molecule has 0 aliphatic heterocycles. The number of aliphatic hydroxyl groups is 1. The number of halogens is 1. The van der Waals surface area contributed by atoms with E-state index in [4.69, 9.17) is 16.7 Å². The van der Waals surface area contributed by atoms with Gasteiger partial charge in [-0.25, -0.2) is 0 Å². The normalized spacial score (nSPS) is 10.7. The van der Waals surface area contributed by atoms with Crippen LogP contribution in [0.3, 0.4) is 0 Å². The third-order valence-electron chi connectivity index (χ3n) is 2.41. The average Bonchev–Trinajstić information content (AvgIpc) is 2.64. The van der Waals surface area contributed by atoms with E-state index in [9.17, 15) is 0 Å². The Hall–Kier alpha value is -1.32. The molecule has 3 nitrogen and oxygen atoms in total. The first-order valence-electron chi connectivity index (χ1n) is 5.07. The standard InChI is InChI=1S/C12H13ClN2O/c1-9-4-5-15(14-9)7-10-2-3-11(8-16)12(13)6-10/h2-6,16H,7-8H2,1H3. The molecule has 0 atom stereocenters. The molecule has 0 radical (unpaired) electrons. The Morgan fingerprint density at radius 1 is 1.38 bits per heavy atom. The van der Waals surface area contributed by atoms with Gasteiger partial charge in [0.15, 0.2) is 0 Å². The van der Waals surface area contributed by atoms with Crippen LogP contribution in [0.1, 0.15) is 16.8 Å². The predicted octanol–water partition coefficient (Wildman–Crippen LogP) is 2.39. The van der Waals surface area contributed by atoms with Gasteiger partial charge in [-0.2, -0.15) is 5.10 Å². The van der Waals surface area contributed by atoms with E-state index in [0.717, 1.165) is 16.8 Å². The smallest absolute Gasteiger partial charge is 0.0696 e. The molecule has 1 heterocycles. The first-order chi connectivity index (χ1) is 7.69. The van der Waals surface area contributed by atoms with Crippen LogP contribution in [0, 0.1) is 6.92 Å². The van der Waals surface area contributed by atoms with Gasteiger partial charge in [-0.1, -0.05) is 23.7 Å². The van der Waals surface area contributed by atoms with E-state index < -0.39 is 0 Å². The van der Waals surface area contributed by atoms with Crippen molar-refractivity contribution in [2.24, 2.45) is 0 Å². The third kappa shape index (κ3) is 2.43. The second-order valence-electron chi connectivity index (χ2n) is 3.74. The Balaban J connectivity index is 2.19. The summed E-state index contributed by atoms with van der Waals surface area (Å²) in [6.07, 6.45) is 1.93. The van der Waals surface area contributed by atoms with Gasteiger partial charge in [0, 0.05) is 11.2 Å². The van der Waals surface area contributed by atoms with E-state index in [-0.39, 0.29) is 6.61 Å². The number of aromatic nitrogens is 2. The van der Waals surface area contributed by atoms with Crippen molar-refractivity contribution < 1.29 is 5.11 Å². The van der Waals surface area contributed by atoms with E-state index in [2.05, 4.69) is 5.10 Å². The maximum atomic E-state index is 9.00. The predicted molar refractivity (Wildman–Crippen MR) is 63.4 cm³/mol. The van der Waals surface area contributed by atoms with Gasteiger partial charge in [0.1, 0.15) is 0 Å². The summed E-state index contributed by atoms with van der Waals surface area (Å²) in [4.78, 5) is 0. The molecule has 4 heteroatoms. The van der Waals surface area contributed by atoms with Crippen LogP contribution in [-0.2, 0) is 13.2 Å². The van der Waals surface area contributed by atoms with Gasteiger partial charge < -0.3 is 5.11 Å². The van der Waals surface area contributed by atoms with Crippen molar-refractivity contribution in [3.05, 3.63) is 52.3 Å². The quantitative estimate of drug-likeness (QED) is 0.889. The zero-order chi connectivity index (χ0) is 11.5. The lowest BCUT2D eigenvalue weighted by Crippen LogP contribution is -2.01. The molecule has 16 heavy (non-hydrogen) atoms. The van der Waals surface area contributed by atoms with Gasteiger partial charge in [0.2, 0.25) is 0 Å². The van der Waals surface area contributed by atoms with Crippen LogP contribution in [-0.4, -0.2) is 14.9 Å². The first kappa shape index (κ1) is 11.2. The Morgan fingerprint density at radius 3 is 2.75 bits per heavy atom. The Labute approximate surface area is 99.3 Å². The van der Waals surface area contributed by atoms with Crippen LogP contribution >= 0.6 is 11.6 Å². The van der Waals surface area contributed by atoms with E-state index in [0.29, 0.717) is 11.6 Å². The van der Waals surface area contributed by atoms with Crippen molar-refractivity contribution >= 4 is 11.6 Å². The minimum Gasteiger partial charge on any atom is -0.392 e. The van der Waals surface area contributed by atoms with Crippen molar-refractivity contribution in [1.29, 1.82) is 0 Å². The molecule has 0 saturated heterocycles. The minimum atomic E-state index is -0.0278. The maximum absolute atomic E-state index is 9.00. The zero-order valence-corrected chi connectivity index (χ0v) is 9.78. The van der Waals surface area contributed by atoms with Gasteiger partial charge in [-0.3, -0.25) is 4.68 Å². The summed E-state index contributed by atoms with van der Waals surface area (Å²) in [5.41, 5.74) is 2.82. The van der Waals surface area contributed by atoms with Gasteiger partial charge in [0.25, 0.3) is 0 Å². The summed E-state index contributed by atoms with van der Waals surface area (Å²) in [7, 11) is 0. The fourth-order valence-corrected chi connectivity index (χ4v) is 1.82. The van der Waals surface area contributed by atoms with E-state index in [1.165, 1.54) is 0 Å². The van der Waals surface area contributed by atoms with E-state index in [1.54, 1.807) is 0 Å². The van der Waals surface area contributed by atoms with Crippen LogP contribution in [0.15, 0.2) is 30.5 Å². The molecule has 2 rings (SSSR count). The number of hydrogen-bond acceptors (Lipinski definition) is 2. The Morgan fingerprint density at radius 2 is 2.19 bits per heavy atom. The molecule has 0 aliphatic rings. The minimum absolute atomic E-state index is 0.0278. The molecule has 0 saturated carbocycles. The van der Waals surface area contributed by atoms with Gasteiger partial charge in [-0.05, 0) is 30.2 Å². The Bertz CT molecular complexity index is 494. The first-order valence-corrected chi connectivity index (χ1v) is 5.45. The molecule has 1 N–H and O–H groups in total. The molecule has 0 bridgehead atoms. The largest absolute Gasteiger partial charge is 0.392 e. The highest BCUT2D eigenvalue weighted by molar-refractivity contribution is 6.31. The molecular weight excluding hydrogens is 224 g/mol. The summed E-state index contributed by atoms with van der Waals surface area (Å²) >= 11 is 6.01. The maximum Gasteiger partial charge on any atom is 0.0696 e. The van der Waals surface area contributed by atoms with Crippen LogP contribution in [0.4, 0.5) is 0 Å². The van der Waals surface area contributed by atoms with E-state index in [1.807, 2.05) is 42.1 Å². The van der Waals surface area contributed by atoms with Crippen molar-refractivity contribution in [3.8, 4) is 0 Å². The lowest BCUT2D eigenvalue weighted by atomic mass is 10.1. The number of nitrogens with zero attached hydrogens (tertiary/aromatic N) is 2. The highest BCUT2D eigenvalue weighted by Crippen LogP contribution is 2.18. The highest BCUT2D eigenvalue weighted by Gasteiger charge is 2.02. The topological polar surface area (TPSA) is 38.0 Å². The average molecular weight is 237 g/mol. The molecule has 0 aliphatic carbocycles. The van der Waals surface area contributed by atoms with Crippen LogP contribution in [0.5, 0.6) is 0 Å². The molecule has 0 unspecified atom stereocenters. The van der Waals surface area contributed by atoms with Crippen LogP contribution in [0.25, 0.3) is 0 Å². The van der Waals surface area contributed by atoms with Crippen LogP contribution in [0.2, 0.25) is 5.02 Å². The summed E-state index contributed by atoms with van der Waals surface area (Å²) in [5.74, 6) is 0. The number of aryl methyl sites for hydroxylation is 1. The number of benzene rings is 1. The fraction of sp³-hybridized carbons (Fsp3) is 0.250. The molecule has 0 amide bonds. The summed E-state index contributed by atoms with van der Waals surface area (Å²) in [6, 6.07) is 7.62. The molecule has 0 spiro atoms. The number of aliphatic hydroxyl groups excluding tert-OH is 1. The Kier molecular flexibility index (Phi) is 3.27. The number of rotatable bonds is 3. The van der Waals surface area contributed by atoms with Crippen molar-refractivity contribution in [3.63, 3.8) is 0 Å². The monoisotopic (exact) mass is 236 g/mol. The molecule has 1 aromatic carbocycles. The number of hydrogen-bond donors (Lipinski definition) is 1. The van der Waals surface area contributed by atoms with Crippen molar-refractivity contribution in [2.45, 2.75) is 20.1 Å². The molecule has 2 aromatic rings. The SMILES string of the molecule is Cc1ccn(Cc2ccc(CO)c(Cl)c2)n1. The van der Waals surface area contributed by atoms with Crippen molar-refractivity contribution in [2.75, 3.05) is 0 Å². The van der Waals surface area contributed by atoms with Crippen molar-refractivity contribution in [1.82, 2.24) is 9.78 Å². The second-order valence-corrected chi connectivity index (χ2v) is 4.15. The van der Waals surface area contributed by atoms with Gasteiger partial charge in [-0.15, -0.1) is 0 Å². The fourth-order valence-electron chi connectivity index (χ4n) is 1.56. The van der Waals surface area contributed by atoms with E-state index >= 15 is 0 Å². The second kappa shape index (κ2) is 4.68. The van der Waals surface area contributed by atoms with Crippen LogP contribution < -0.4 is 0 Å². The molecule has 84 valence electrons. The highest BCUT2D eigenvalue weighted by atomic mass is 35.5. The zero-order valence-electron chi connectivity index (χ0n) is 9.02. The van der Waals surface area contributed by atoms with Gasteiger partial charge >= 0.3 is 0 Å². The summed E-state index contributed by atoms with van der Waals surface area (Å²) in [6.45, 7) is 2.62. The molecular formula is C12H13ClN2O. The summed E-state index contributed by atoms with van der Waals surface area (Å²) < 4.78 is 1.86. The molecule has 1 aromatic heterocycles. The third-order valence-corrected chi connectivity index (χ3v) is 2.76. The summed E-state index contributed by atoms with van der Waals surface area (Å²) in [5, 5.41) is 13.9.